The van der Waals surface area contributed by atoms with Gasteiger partial charge in [-0.2, -0.15) is 0 Å². The van der Waals surface area contributed by atoms with E-state index in [1.54, 1.807) is 24.5 Å². The van der Waals surface area contributed by atoms with Crippen LogP contribution in [0.25, 0.3) is 11.8 Å². The van der Waals surface area contributed by atoms with Crippen LogP contribution in [0.5, 0.6) is 11.5 Å². The summed E-state index contributed by atoms with van der Waals surface area (Å²) in [4.78, 5) is 32.5. The van der Waals surface area contributed by atoms with Crippen LogP contribution >= 0.6 is 33.9 Å². The zero-order chi connectivity index (χ0) is 29.0. The molecule has 0 saturated heterocycles. The van der Waals surface area contributed by atoms with Gasteiger partial charge in [0.2, 0.25) is 6.79 Å². The molecule has 0 radical (unpaired) electrons. The molecule has 0 saturated carbocycles. The average Bonchev–Trinajstić information content (AvgIpc) is 3.60. The number of hydrogen-bond acceptors (Lipinski definition) is 7. The van der Waals surface area contributed by atoms with Gasteiger partial charge in [-0.3, -0.25) is 9.36 Å². The normalized spacial score (nSPS) is 16.1. The number of halogens is 1. The monoisotopic (exact) mass is 681 g/mol. The number of aromatic nitrogens is 2. The number of rotatable bonds is 5. The summed E-state index contributed by atoms with van der Waals surface area (Å²) in [5, 5.41) is 0. The molecule has 2 aliphatic rings. The second-order valence-corrected chi connectivity index (χ2v) is 12.2. The predicted molar refractivity (Wildman–Crippen MR) is 166 cm³/mol. The van der Waals surface area contributed by atoms with E-state index >= 15 is 0 Å². The van der Waals surface area contributed by atoms with Crippen molar-refractivity contribution in [1.82, 2.24) is 9.13 Å². The van der Waals surface area contributed by atoms with Crippen molar-refractivity contribution in [3.8, 4) is 17.2 Å². The molecule has 2 aromatic carbocycles. The molecular weight excluding hydrogens is 653 g/mol. The van der Waals surface area contributed by atoms with Crippen LogP contribution in [-0.4, -0.2) is 28.5 Å². The summed E-state index contributed by atoms with van der Waals surface area (Å²) in [5.41, 5.74) is 6.68. The molecule has 6 rings (SSSR count). The quantitative estimate of drug-likeness (QED) is 0.222. The minimum Gasteiger partial charge on any atom is -0.463 e. The first kappa shape index (κ1) is 27.5. The molecule has 41 heavy (non-hydrogen) atoms. The van der Waals surface area contributed by atoms with Gasteiger partial charge in [0.05, 0.1) is 28.5 Å². The van der Waals surface area contributed by atoms with E-state index in [-0.39, 0.29) is 19.0 Å². The Bertz CT molecular complexity index is 1950. The topological polar surface area (TPSA) is 84.1 Å². The lowest BCUT2D eigenvalue weighted by molar-refractivity contribution is -0.139. The molecule has 0 bridgehead atoms. The molecule has 0 N–H and O–H groups in total. The van der Waals surface area contributed by atoms with Gasteiger partial charge in [-0.25, -0.2) is 9.79 Å². The fourth-order valence-corrected chi connectivity index (χ4v) is 6.80. The molecular formula is C31H28IN3O5S. The maximum Gasteiger partial charge on any atom is 0.338 e. The summed E-state index contributed by atoms with van der Waals surface area (Å²) in [7, 11) is 0. The Kier molecular flexibility index (Phi) is 7.14. The lowest BCUT2D eigenvalue weighted by Crippen LogP contribution is -2.39. The number of hydrogen-bond donors (Lipinski definition) is 0. The zero-order valence-corrected chi connectivity index (χ0v) is 26.3. The van der Waals surface area contributed by atoms with E-state index in [0.717, 1.165) is 22.6 Å². The van der Waals surface area contributed by atoms with E-state index in [4.69, 9.17) is 19.2 Å². The van der Waals surface area contributed by atoms with E-state index in [0.29, 0.717) is 37.7 Å². The van der Waals surface area contributed by atoms with Crippen LogP contribution in [0.1, 0.15) is 48.0 Å². The van der Waals surface area contributed by atoms with E-state index in [9.17, 15) is 9.59 Å². The van der Waals surface area contributed by atoms with Gasteiger partial charge < -0.3 is 18.8 Å². The van der Waals surface area contributed by atoms with Gasteiger partial charge in [-0.05, 0) is 116 Å². The van der Waals surface area contributed by atoms with Crippen molar-refractivity contribution >= 4 is 46.0 Å². The first-order valence-electron chi connectivity index (χ1n) is 13.2. The van der Waals surface area contributed by atoms with Gasteiger partial charge >= 0.3 is 5.97 Å². The van der Waals surface area contributed by atoms with Gasteiger partial charge in [0.25, 0.3) is 5.56 Å². The Hall–Kier alpha value is -3.64. The second-order valence-electron chi connectivity index (χ2n) is 10.0. The van der Waals surface area contributed by atoms with Gasteiger partial charge in [-0.1, -0.05) is 17.4 Å². The molecule has 0 amide bonds. The Morgan fingerprint density at radius 1 is 1.12 bits per heavy atom. The van der Waals surface area contributed by atoms with Crippen LogP contribution in [0.2, 0.25) is 0 Å². The SMILES string of the molecule is CCOC(=O)C1=C(C)N=c2sc(=Cc3cc(C)n(-c4ccc(I)c(C)c4)c3C)c(=O)n2[C@@H]1c1ccc2c(c1)OCO2. The molecule has 2 aromatic heterocycles. The number of nitrogens with zero attached hydrogens (tertiary/aromatic N) is 3. The highest BCUT2D eigenvalue weighted by molar-refractivity contribution is 14.1. The minimum atomic E-state index is -0.718. The van der Waals surface area contributed by atoms with E-state index < -0.39 is 12.0 Å². The predicted octanol–water partition coefficient (Wildman–Crippen LogP) is 4.85. The maximum absolute atomic E-state index is 14.1. The van der Waals surface area contributed by atoms with Crippen molar-refractivity contribution in [1.29, 1.82) is 0 Å². The minimum absolute atomic E-state index is 0.126. The van der Waals surface area contributed by atoms with Crippen molar-refractivity contribution in [2.75, 3.05) is 13.4 Å². The van der Waals surface area contributed by atoms with E-state index in [1.807, 2.05) is 18.2 Å². The number of allylic oxidation sites excluding steroid dienone is 1. The molecule has 0 unspecified atom stereocenters. The van der Waals surface area contributed by atoms with Crippen LogP contribution in [0.15, 0.2) is 63.5 Å². The summed E-state index contributed by atoms with van der Waals surface area (Å²) in [6.07, 6.45) is 1.92. The first-order valence-corrected chi connectivity index (χ1v) is 15.1. The van der Waals surface area contributed by atoms with Crippen LogP contribution in [0.4, 0.5) is 0 Å². The van der Waals surface area contributed by atoms with E-state index in [1.165, 1.54) is 20.5 Å². The Labute approximate surface area is 254 Å². The number of fused-ring (bicyclic) bond motifs is 2. The zero-order valence-electron chi connectivity index (χ0n) is 23.3. The lowest BCUT2D eigenvalue weighted by Gasteiger charge is -2.24. The number of benzene rings is 2. The summed E-state index contributed by atoms with van der Waals surface area (Å²) in [6, 6.07) is 13.2. The highest BCUT2D eigenvalue weighted by Gasteiger charge is 2.34. The van der Waals surface area contributed by atoms with Crippen LogP contribution < -0.4 is 24.4 Å². The highest BCUT2D eigenvalue weighted by atomic mass is 127. The molecule has 0 fully saturated rings. The smallest absolute Gasteiger partial charge is 0.338 e. The largest absolute Gasteiger partial charge is 0.463 e. The summed E-state index contributed by atoms with van der Waals surface area (Å²) in [6.45, 7) is 10.1. The molecule has 210 valence electrons. The summed E-state index contributed by atoms with van der Waals surface area (Å²) in [5.74, 6) is 0.695. The van der Waals surface area contributed by atoms with Crippen molar-refractivity contribution in [3.05, 3.63) is 105 Å². The summed E-state index contributed by atoms with van der Waals surface area (Å²) < 4.78 is 22.0. The summed E-state index contributed by atoms with van der Waals surface area (Å²) >= 11 is 3.65. The third kappa shape index (κ3) is 4.72. The second kappa shape index (κ2) is 10.6. The van der Waals surface area contributed by atoms with Gasteiger partial charge in [0.1, 0.15) is 0 Å². The van der Waals surface area contributed by atoms with E-state index in [2.05, 4.69) is 72.2 Å². The molecule has 4 aromatic rings. The Balaban J connectivity index is 1.52. The van der Waals surface area contributed by atoms with Crippen LogP contribution in [0, 0.1) is 24.3 Å². The van der Waals surface area contributed by atoms with Crippen LogP contribution in [0.3, 0.4) is 0 Å². The molecule has 2 aliphatic heterocycles. The van der Waals surface area contributed by atoms with Crippen molar-refractivity contribution in [3.63, 3.8) is 0 Å². The number of carbonyl (C=O) groups excluding carboxylic acids is 1. The van der Waals surface area contributed by atoms with Gasteiger partial charge in [-0.15, -0.1) is 0 Å². The highest BCUT2D eigenvalue weighted by Crippen LogP contribution is 2.38. The lowest BCUT2D eigenvalue weighted by atomic mass is 9.95. The first-order chi connectivity index (χ1) is 19.7. The van der Waals surface area contributed by atoms with Crippen LogP contribution in [-0.2, 0) is 9.53 Å². The maximum atomic E-state index is 14.1. The number of carbonyl (C=O) groups is 1. The number of ether oxygens (including phenoxy) is 3. The van der Waals surface area contributed by atoms with Gasteiger partial charge in [0.15, 0.2) is 16.3 Å². The van der Waals surface area contributed by atoms with Crippen molar-refractivity contribution in [2.24, 2.45) is 4.99 Å². The fourth-order valence-electron chi connectivity index (χ4n) is 5.43. The third-order valence-electron chi connectivity index (χ3n) is 7.39. The molecule has 0 aliphatic carbocycles. The number of aryl methyl sites for hydroxylation is 2. The van der Waals surface area contributed by atoms with Crippen molar-refractivity contribution in [2.45, 2.75) is 40.7 Å². The number of esters is 1. The third-order valence-corrected chi connectivity index (χ3v) is 9.58. The fraction of sp³-hybridized carbons (Fsp3) is 0.258. The standard InChI is InChI=1S/C31H28IN3O5S/c1-6-38-30(37)27-18(4)33-31-35(28(27)20-7-10-24-25(13-20)40-15-39-24)29(36)26(41-31)14-21-12-17(3)34(19(21)5)22-8-9-23(32)16(2)11-22/h7-14,28H,6,15H2,1-5H3/t28-/m1/s1. The Morgan fingerprint density at radius 3 is 2.66 bits per heavy atom. The molecule has 1 atom stereocenters. The average molecular weight is 682 g/mol. The molecule has 8 nitrogen and oxygen atoms in total. The Morgan fingerprint density at radius 2 is 1.90 bits per heavy atom. The molecule has 4 heterocycles. The van der Waals surface area contributed by atoms with Crippen molar-refractivity contribution < 1.29 is 19.0 Å². The number of thiazole rings is 1. The van der Waals surface area contributed by atoms with Gasteiger partial charge in [0, 0.05) is 20.6 Å². The molecule has 0 spiro atoms. The molecule has 10 heteroatoms.